The van der Waals surface area contributed by atoms with Crippen molar-refractivity contribution in [1.29, 1.82) is 0 Å². The average Bonchev–Trinajstić information content (AvgIpc) is 2.52. The van der Waals surface area contributed by atoms with Crippen LogP contribution in [0.2, 0.25) is 10.0 Å². The molecule has 1 atom stereocenters. The number of nitrogens with one attached hydrogen (secondary N) is 2. The molecule has 0 aliphatic heterocycles. The molecule has 2 aromatic rings. The molecule has 124 valence electrons. The van der Waals surface area contributed by atoms with E-state index in [0.717, 1.165) is 23.2 Å². The molecule has 0 bridgehead atoms. The monoisotopic (exact) mass is 372 g/mol. The van der Waals surface area contributed by atoms with Gasteiger partial charge in [-0.3, -0.25) is 4.79 Å². The molecule has 0 spiro atoms. The summed E-state index contributed by atoms with van der Waals surface area (Å²) < 4.78 is 0. The largest absolute Gasteiger partial charge is 0.325 e. The van der Waals surface area contributed by atoms with Crippen LogP contribution in [0.4, 0.5) is 5.69 Å². The van der Waals surface area contributed by atoms with Crippen LogP contribution in [-0.2, 0) is 4.79 Å². The minimum Gasteiger partial charge on any atom is -0.325 e. The van der Waals surface area contributed by atoms with Gasteiger partial charge in [0.25, 0.3) is 0 Å². The van der Waals surface area contributed by atoms with Crippen molar-refractivity contribution in [2.45, 2.75) is 19.4 Å². The standard InChI is InChI=1S/C17H18Cl2N2O.ClH/c1-3-16(20-2)17(22)21-13-7-4-11(5-8-13)12-6-9-14(18)15(19)10-12;/h4-10,16,20H,3H2,1-2H3,(H,21,22);1H. The number of anilines is 1. The highest BCUT2D eigenvalue weighted by Crippen LogP contribution is 2.29. The van der Waals surface area contributed by atoms with Crippen molar-refractivity contribution in [2.75, 3.05) is 12.4 Å². The molecular weight excluding hydrogens is 355 g/mol. The van der Waals surface area contributed by atoms with Crippen molar-refractivity contribution < 1.29 is 4.79 Å². The Morgan fingerprint density at radius 2 is 1.65 bits per heavy atom. The molecule has 0 aliphatic rings. The van der Waals surface area contributed by atoms with Crippen molar-refractivity contribution in [2.24, 2.45) is 0 Å². The van der Waals surface area contributed by atoms with Crippen LogP contribution in [0.3, 0.4) is 0 Å². The zero-order chi connectivity index (χ0) is 16.1. The summed E-state index contributed by atoms with van der Waals surface area (Å²) in [4.78, 5) is 12.0. The molecule has 0 fully saturated rings. The van der Waals surface area contributed by atoms with Gasteiger partial charge in [0, 0.05) is 5.69 Å². The van der Waals surface area contributed by atoms with E-state index >= 15 is 0 Å². The summed E-state index contributed by atoms with van der Waals surface area (Å²) in [6, 6.07) is 12.9. The van der Waals surface area contributed by atoms with Crippen molar-refractivity contribution in [3.63, 3.8) is 0 Å². The molecular formula is C17H19Cl3N2O. The fourth-order valence-corrected chi connectivity index (χ4v) is 2.47. The van der Waals surface area contributed by atoms with Gasteiger partial charge >= 0.3 is 0 Å². The number of halogens is 3. The Kier molecular flexibility index (Phi) is 7.86. The van der Waals surface area contributed by atoms with Crippen LogP contribution >= 0.6 is 35.6 Å². The van der Waals surface area contributed by atoms with E-state index < -0.39 is 0 Å². The molecule has 2 N–H and O–H groups in total. The number of benzene rings is 2. The summed E-state index contributed by atoms with van der Waals surface area (Å²) >= 11 is 12.0. The molecule has 0 aliphatic carbocycles. The van der Waals surface area contributed by atoms with Crippen molar-refractivity contribution in [1.82, 2.24) is 5.32 Å². The van der Waals surface area contributed by atoms with E-state index in [4.69, 9.17) is 23.2 Å². The molecule has 6 heteroatoms. The third kappa shape index (κ3) is 5.11. The molecule has 2 rings (SSSR count). The Labute approximate surface area is 152 Å². The van der Waals surface area contributed by atoms with Crippen LogP contribution in [0.5, 0.6) is 0 Å². The Hall–Kier alpha value is -1.26. The topological polar surface area (TPSA) is 41.1 Å². The lowest BCUT2D eigenvalue weighted by Gasteiger charge is -2.14. The van der Waals surface area contributed by atoms with Gasteiger partial charge in [-0.1, -0.05) is 48.3 Å². The summed E-state index contributed by atoms with van der Waals surface area (Å²) in [5.74, 6) is -0.0349. The van der Waals surface area contributed by atoms with Gasteiger partial charge < -0.3 is 10.6 Å². The Morgan fingerprint density at radius 3 is 2.17 bits per heavy atom. The van der Waals surface area contributed by atoms with E-state index in [1.807, 2.05) is 43.3 Å². The molecule has 1 unspecified atom stereocenters. The summed E-state index contributed by atoms with van der Waals surface area (Å²) in [5, 5.41) is 6.93. The third-order valence-electron chi connectivity index (χ3n) is 3.48. The van der Waals surface area contributed by atoms with E-state index in [9.17, 15) is 4.79 Å². The predicted octanol–water partition coefficient (Wildman–Crippen LogP) is 5.02. The minimum absolute atomic E-state index is 0. The SMILES string of the molecule is CCC(NC)C(=O)Nc1ccc(-c2ccc(Cl)c(Cl)c2)cc1.Cl. The van der Waals surface area contributed by atoms with Crippen LogP contribution in [0.1, 0.15) is 13.3 Å². The number of rotatable bonds is 5. The molecule has 0 heterocycles. The molecule has 3 nitrogen and oxygen atoms in total. The molecule has 0 saturated carbocycles. The number of carbonyl (C=O) groups is 1. The first-order chi connectivity index (χ1) is 10.5. The number of hydrogen-bond donors (Lipinski definition) is 2. The quantitative estimate of drug-likeness (QED) is 0.772. The predicted molar refractivity (Wildman–Crippen MR) is 101 cm³/mol. The smallest absolute Gasteiger partial charge is 0.241 e. The fraction of sp³-hybridized carbons (Fsp3) is 0.235. The van der Waals surface area contributed by atoms with Gasteiger partial charge in [0.05, 0.1) is 16.1 Å². The summed E-state index contributed by atoms with van der Waals surface area (Å²) in [6.07, 6.45) is 0.740. The number of amides is 1. The zero-order valence-electron chi connectivity index (χ0n) is 12.9. The van der Waals surface area contributed by atoms with E-state index in [1.165, 1.54) is 0 Å². The third-order valence-corrected chi connectivity index (χ3v) is 4.22. The molecule has 0 radical (unpaired) electrons. The highest BCUT2D eigenvalue weighted by atomic mass is 35.5. The maximum atomic E-state index is 12.0. The summed E-state index contributed by atoms with van der Waals surface area (Å²) in [6.45, 7) is 1.97. The van der Waals surface area contributed by atoms with E-state index in [0.29, 0.717) is 10.0 Å². The summed E-state index contributed by atoms with van der Waals surface area (Å²) in [7, 11) is 1.78. The number of carbonyl (C=O) groups excluding carboxylic acids is 1. The Bertz CT molecular complexity index is 655. The van der Waals surface area contributed by atoms with Crippen LogP contribution in [-0.4, -0.2) is 19.0 Å². The second kappa shape index (κ2) is 9.14. The molecule has 2 aromatic carbocycles. The second-order valence-corrected chi connectivity index (χ2v) is 5.76. The van der Waals surface area contributed by atoms with Gasteiger partial charge in [-0.2, -0.15) is 0 Å². The van der Waals surface area contributed by atoms with Crippen molar-refractivity contribution in [3.05, 3.63) is 52.5 Å². The van der Waals surface area contributed by atoms with Crippen molar-refractivity contribution in [3.8, 4) is 11.1 Å². The van der Waals surface area contributed by atoms with Gasteiger partial charge in [-0.25, -0.2) is 0 Å². The maximum absolute atomic E-state index is 12.0. The van der Waals surface area contributed by atoms with E-state index in [1.54, 1.807) is 13.1 Å². The fourth-order valence-electron chi connectivity index (χ4n) is 2.17. The first-order valence-electron chi connectivity index (χ1n) is 7.08. The molecule has 23 heavy (non-hydrogen) atoms. The van der Waals surface area contributed by atoms with Crippen LogP contribution in [0.15, 0.2) is 42.5 Å². The van der Waals surface area contributed by atoms with Crippen molar-refractivity contribution >= 4 is 47.2 Å². The highest BCUT2D eigenvalue weighted by Gasteiger charge is 2.13. The molecule has 0 aromatic heterocycles. The molecule has 0 saturated heterocycles. The lowest BCUT2D eigenvalue weighted by molar-refractivity contribution is -0.118. The maximum Gasteiger partial charge on any atom is 0.241 e. The Morgan fingerprint density at radius 1 is 1.04 bits per heavy atom. The average molecular weight is 374 g/mol. The molecule has 1 amide bonds. The number of hydrogen-bond acceptors (Lipinski definition) is 2. The van der Waals surface area contributed by atoms with Gasteiger partial charge in [0.2, 0.25) is 5.91 Å². The normalized spacial score (nSPS) is 11.5. The van der Waals surface area contributed by atoms with Gasteiger partial charge in [0.15, 0.2) is 0 Å². The van der Waals surface area contributed by atoms with Crippen LogP contribution in [0.25, 0.3) is 11.1 Å². The first kappa shape index (κ1) is 19.8. The number of likely N-dealkylation sites (N-methyl/N-ethyl adjacent to an activating group) is 1. The minimum atomic E-state index is -0.185. The highest BCUT2D eigenvalue weighted by molar-refractivity contribution is 6.42. The summed E-state index contributed by atoms with van der Waals surface area (Å²) in [5.41, 5.74) is 2.76. The van der Waals surface area contributed by atoms with Crippen LogP contribution in [0, 0.1) is 0 Å². The van der Waals surface area contributed by atoms with Crippen LogP contribution < -0.4 is 10.6 Å². The second-order valence-electron chi connectivity index (χ2n) is 4.94. The lowest BCUT2D eigenvalue weighted by atomic mass is 10.1. The van der Waals surface area contributed by atoms with Gasteiger partial charge in [0.1, 0.15) is 0 Å². The lowest BCUT2D eigenvalue weighted by Crippen LogP contribution is -2.37. The van der Waals surface area contributed by atoms with E-state index in [-0.39, 0.29) is 24.4 Å². The van der Waals surface area contributed by atoms with Gasteiger partial charge in [-0.15, -0.1) is 12.4 Å². The zero-order valence-corrected chi connectivity index (χ0v) is 15.2. The van der Waals surface area contributed by atoms with Gasteiger partial charge in [-0.05, 0) is 48.9 Å². The Balaban J connectivity index is 0.00000264. The van der Waals surface area contributed by atoms with E-state index in [2.05, 4.69) is 10.6 Å². The first-order valence-corrected chi connectivity index (χ1v) is 7.84.